The molecule has 1 unspecified atom stereocenters. The number of rotatable bonds is 2. The van der Waals surface area contributed by atoms with Gasteiger partial charge in [0.25, 0.3) is 5.91 Å². The topological polar surface area (TPSA) is 43.8 Å². The smallest absolute Gasteiger partial charge is 0.253 e. The largest absolute Gasteiger partial charge is 0.384 e. The molecule has 0 radical (unpaired) electrons. The summed E-state index contributed by atoms with van der Waals surface area (Å²) in [5, 5.41) is 8.67. The maximum absolute atomic E-state index is 12.5. The molecule has 1 heterocycles. The molecule has 4 nitrogen and oxygen atoms in total. The summed E-state index contributed by atoms with van der Waals surface area (Å²) < 4.78 is 0. The molecule has 1 fully saturated rings. The predicted octanol–water partition coefficient (Wildman–Crippen LogP) is 1.20. The highest BCUT2D eigenvalue weighted by molar-refractivity contribution is 5.94. The number of piperidine rings is 1. The van der Waals surface area contributed by atoms with Crippen molar-refractivity contribution in [1.29, 1.82) is 0 Å². The number of hydrogen-bond acceptors (Lipinski definition) is 3. The number of nitrogens with zero attached hydrogens (tertiary/aromatic N) is 2. The molecule has 0 aliphatic carbocycles. The van der Waals surface area contributed by atoms with E-state index >= 15 is 0 Å². The molecular weight excluding hydrogens is 264 g/mol. The van der Waals surface area contributed by atoms with Crippen LogP contribution in [0, 0.1) is 11.8 Å². The lowest BCUT2D eigenvalue weighted by Crippen LogP contribution is -2.47. The summed E-state index contributed by atoms with van der Waals surface area (Å²) in [5.41, 5.74) is 1.49. The maximum atomic E-state index is 12.5. The molecule has 1 atom stereocenters. The number of benzene rings is 1. The Morgan fingerprint density at radius 1 is 1.43 bits per heavy atom. The van der Waals surface area contributed by atoms with Gasteiger partial charge in [-0.05, 0) is 50.7 Å². The number of aliphatic hydroxyl groups excluding tert-OH is 1. The molecule has 1 aliphatic heterocycles. The molecule has 1 N–H and O–H groups in total. The van der Waals surface area contributed by atoms with E-state index in [-0.39, 0.29) is 18.6 Å². The van der Waals surface area contributed by atoms with Gasteiger partial charge in [0.2, 0.25) is 0 Å². The minimum atomic E-state index is -0.154. The number of hydrogen-bond donors (Lipinski definition) is 1. The van der Waals surface area contributed by atoms with E-state index in [1.165, 1.54) is 0 Å². The summed E-state index contributed by atoms with van der Waals surface area (Å²) in [5.74, 6) is 5.48. The van der Waals surface area contributed by atoms with Gasteiger partial charge in [0.1, 0.15) is 6.61 Å². The Morgan fingerprint density at radius 2 is 2.14 bits per heavy atom. The van der Waals surface area contributed by atoms with Gasteiger partial charge in [-0.15, -0.1) is 0 Å². The molecule has 0 aromatic heterocycles. The van der Waals surface area contributed by atoms with Crippen LogP contribution in [-0.4, -0.2) is 60.6 Å². The first-order chi connectivity index (χ1) is 10.1. The average Bonchev–Trinajstić information content (AvgIpc) is 2.52. The zero-order valence-corrected chi connectivity index (χ0v) is 12.7. The molecule has 112 valence electrons. The highest BCUT2D eigenvalue weighted by Crippen LogP contribution is 2.16. The molecule has 1 saturated heterocycles. The predicted molar refractivity (Wildman–Crippen MR) is 83.0 cm³/mol. The van der Waals surface area contributed by atoms with Crippen LogP contribution in [0.1, 0.15) is 28.8 Å². The fraction of sp³-hybridized carbons (Fsp3) is 0.471. The van der Waals surface area contributed by atoms with Crippen LogP contribution in [0.5, 0.6) is 0 Å². The van der Waals surface area contributed by atoms with Crippen LogP contribution >= 0.6 is 0 Å². The summed E-state index contributed by atoms with van der Waals surface area (Å²) >= 11 is 0. The van der Waals surface area contributed by atoms with Gasteiger partial charge in [-0.25, -0.2) is 0 Å². The van der Waals surface area contributed by atoms with Crippen molar-refractivity contribution in [3.05, 3.63) is 35.4 Å². The van der Waals surface area contributed by atoms with Crippen molar-refractivity contribution in [3.8, 4) is 11.8 Å². The minimum absolute atomic E-state index is 0.0527. The van der Waals surface area contributed by atoms with Crippen molar-refractivity contribution in [1.82, 2.24) is 9.80 Å². The van der Waals surface area contributed by atoms with Crippen molar-refractivity contribution < 1.29 is 9.90 Å². The second kappa shape index (κ2) is 7.26. The zero-order valence-electron chi connectivity index (χ0n) is 12.7. The molecule has 1 aliphatic rings. The van der Waals surface area contributed by atoms with E-state index in [0.29, 0.717) is 5.56 Å². The third-order valence-electron chi connectivity index (χ3n) is 3.91. The first-order valence-corrected chi connectivity index (χ1v) is 7.27. The Balaban J connectivity index is 2.05. The van der Waals surface area contributed by atoms with Crippen LogP contribution in [0.15, 0.2) is 24.3 Å². The second-order valence-electron chi connectivity index (χ2n) is 5.51. The van der Waals surface area contributed by atoms with Crippen molar-refractivity contribution in [2.45, 2.75) is 18.9 Å². The van der Waals surface area contributed by atoms with E-state index in [1.807, 2.05) is 24.1 Å². The monoisotopic (exact) mass is 286 g/mol. The molecule has 0 bridgehead atoms. The molecule has 0 spiro atoms. The number of aliphatic hydroxyl groups is 1. The molecule has 4 heteroatoms. The Morgan fingerprint density at radius 3 is 2.76 bits per heavy atom. The molecular formula is C17H22N2O2. The zero-order chi connectivity index (χ0) is 15.2. The van der Waals surface area contributed by atoms with Gasteiger partial charge < -0.3 is 14.9 Å². The third kappa shape index (κ3) is 4.07. The van der Waals surface area contributed by atoms with Crippen molar-refractivity contribution in [3.63, 3.8) is 0 Å². The van der Waals surface area contributed by atoms with E-state index in [0.717, 1.165) is 31.5 Å². The van der Waals surface area contributed by atoms with Crippen molar-refractivity contribution in [2.75, 3.05) is 33.8 Å². The summed E-state index contributed by atoms with van der Waals surface area (Å²) in [6, 6.07) is 7.51. The van der Waals surface area contributed by atoms with Gasteiger partial charge in [0, 0.05) is 30.8 Å². The van der Waals surface area contributed by atoms with Gasteiger partial charge in [-0.3, -0.25) is 4.79 Å². The molecule has 21 heavy (non-hydrogen) atoms. The summed E-state index contributed by atoms with van der Waals surface area (Å²) in [6.07, 6.45) is 2.20. The summed E-state index contributed by atoms with van der Waals surface area (Å²) in [6.45, 7) is 1.89. The lowest BCUT2D eigenvalue weighted by molar-refractivity contribution is 0.0644. The van der Waals surface area contributed by atoms with Crippen LogP contribution in [-0.2, 0) is 0 Å². The minimum Gasteiger partial charge on any atom is -0.384 e. The van der Waals surface area contributed by atoms with Gasteiger partial charge >= 0.3 is 0 Å². The highest BCUT2D eigenvalue weighted by Gasteiger charge is 2.24. The van der Waals surface area contributed by atoms with E-state index in [9.17, 15) is 4.79 Å². The Labute approximate surface area is 126 Å². The molecule has 1 amide bonds. The quantitative estimate of drug-likeness (QED) is 0.831. The Hall–Kier alpha value is -1.83. The molecule has 1 aromatic rings. The van der Waals surface area contributed by atoms with Crippen molar-refractivity contribution >= 4 is 5.91 Å². The van der Waals surface area contributed by atoms with Crippen molar-refractivity contribution in [2.24, 2.45) is 0 Å². The van der Waals surface area contributed by atoms with Gasteiger partial charge in [-0.1, -0.05) is 11.8 Å². The fourth-order valence-electron chi connectivity index (χ4n) is 2.66. The second-order valence-corrected chi connectivity index (χ2v) is 5.51. The summed E-state index contributed by atoms with van der Waals surface area (Å²) in [4.78, 5) is 16.6. The fourth-order valence-corrected chi connectivity index (χ4v) is 2.66. The van der Waals surface area contributed by atoms with Gasteiger partial charge in [0.15, 0.2) is 0 Å². The van der Waals surface area contributed by atoms with E-state index in [4.69, 9.17) is 5.11 Å². The van der Waals surface area contributed by atoms with E-state index < -0.39 is 0 Å². The van der Waals surface area contributed by atoms with E-state index in [2.05, 4.69) is 23.8 Å². The number of carbonyl (C=O) groups excluding carboxylic acids is 1. The van der Waals surface area contributed by atoms with Crippen LogP contribution in [0.3, 0.4) is 0 Å². The van der Waals surface area contributed by atoms with Crippen LogP contribution in [0.4, 0.5) is 0 Å². The highest BCUT2D eigenvalue weighted by atomic mass is 16.2. The lowest BCUT2D eigenvalue weighted by atomic mass is 10.0. The molecule has 0 saturated carbocycles. The average molecular weight is 286 g/mol. The number of amides is 1. The van der Waals surface area contributed by atoms with Gasteiger partial charge in [-0.2, -0.15) is 0 Å². The molecule has 1 aromatic carbocycles. The maximum Gasteiger partial charge on any atom is 0.253 e. The normalized spacial score (nSPS) is 18.7. The number of likely N-dealkylation sites (tertiary alicyclic amines) is 1. The molecule has 2 rings (SSSR count). The lowest BCUT2D eigenvalue weighted by Gasteiger charge is -2.35. The first kappa shape index (κ1) is 15.6. The van der Waals surface area contributed by atoms with Crippen LogP contribution in [0.25, 0.3) is 0 Å². The van der Waals surface area contributed by atoms with Crippen LogP contribution < -0.4 is 0 Å². The third-order valence-corrected chi connectivity index (χ3v) is 3.91. The Bertz CT molecular complexity index is 542. The van der Waals surface area contributed by atoms with E-state index in [1.54, 1.807) is 12.1 Å². The number of carbonyl (C=O) groups is 1. The first-order valence-electron chi connectivity index (χ1n) is 7.27. The standard InChI is InChI=1S/C17H22N2O2/c1-18-11-3-6-16(13-18)19(2)17(21)15-9-7-14(8-10-15)5-4-12-20/h7-10,16,20H,3,6,11-13H2,1-2H3. The Kier molecular flexibility index (Phi) is 5.38. The SMILES string of the molecule is CN1CCCC(N(C)C(=O)c2ccc(C#CCO)cc2)C1. The number of likely N-dealkylation sites (N-methyl/N-ethyl adjacent to an activating group) is 2. The van der Waals surface area contributed by atoms with Gasteiger partial charge in [0.05, 0.1) is 0 Å². The summed E-state index contributed by atoms with van der Waals surface area (Å²) in [7, 11) is 3.98. The van der Waals surface area contributed by atoms with Crippen LogP contribution in [0.2, 0.25) is 0 Å².